The highest BCUT2D eigenvalue weighted by atomic mass is 32.2. The maximum absolute atomic E-state index is 13.3. The fraction of sp³-hybridized carbons (Fsp3) is 0.280. The first-order valence-corrected chi connectivity index (χ1v) is 12.6. The van der Waals surface area contributed by atoms with Gasteiger partial charge in [0, 0.05) is 17.7 Å². The highest BCUT2D eigenvalue weighted by Crippen LogP contribution is 2.36. The molecule has 3 aromatic rings. The van der Waals surface area contributed by atoms with Crippen molar-refractivity contribution >= 4 is 38.3 Å². The molecule has 1 amide bonds. The Morgan fingerprint density at radius 3 is 2.62 bits per heavy atom. The molecule has 1 N–H and O–H groups in total. The molecular weight excluding hydrogens is 427 g/mol. The summed E-state index contributed by atoms with van der Waals surface area (Å²) in [5.41, 5.74) is 4.81. The molecule has 0 atom stereocenters. The molecule has 0 fully saturated rings. The van der Waals surface area contributed by atoms with Crippen LogP contribution in [0.5, 0.6) is 0 Å². The van der Waals surface area contributed by atoms with E-state index < -0.39 is 9.84 Å². The zero-order chi connectivity index (χ0) is 22.7. The normalized spacial score (nSPS) is 15.0. The third-order valence-electron chi connectivity index (χ3n) is 5.75. The molecule has 1 aliphatic rings. The molecule has 0 unspecified atom stereocenters. The van der Waals surface area contributed by atoms with Crippen LogP contribution in [0.1, 0.15) is 46.9 Å². The summed E-state index contributed by atoms with van der Waals surface area (Å²) in [6.45, 7) is 1.66. The number of fused-ring (bicyclic) bond motifs is 2. The van der Waals surface area contributed by atoms with Gasteiger partial charge < -0.3 is 5.32 Å². The van der Waals surface area contributed by atoms with E-state index in [0.29, 0.717) is 17.5 Å². The predicted octanol–water partition coefficient (Wildman–Crippen LogP) is 4.42. The van der Waals surface area contributed by atoms with Crippen molar-refractivity contribution in [1.29, 1.82) is 0 Å². The van der Waals surface area contributed by atoms with Gasteiger partial charge >= 0.3 is 0 Å². The van der Waals surface area contributed by atoms with Crippen molar-refractivity contribution in [1.82, 2.24) is 10.3 Å². The van der Waals surface area contributed by atoms with Crippen LogP contribution in [-0.4, -0.2) is 37.4 Å². The van der Waals surface area contributed by atoms with E-state index in [2.05, 4.69) is 5.32 Å². The van der Waals surface area contributed by atoms with Crippen LogP contribution >= 0.6 is 0 Å². The monoisotopic (exact) mass is 452 g/mol. The lowest BCUT2D eigenvalue weighted by Gasteiger charge is -2.23. The average Bonchev–Trinajstić information content (AvgIpc) is 2.79. The summed E-state index contributed by atoms with van der Waals surface area (Å²) < 4.78 is 36.9. The molecule has 1 aromatic heterocycles. The van der Waals surface area contributed by atoms with E-state index in [-0.39, 0.29) is 29.8 Å². The maximum atomic E-state index is 13.3. The second-order valence-corrected chi connectivity index (χ2v) is 10.4. The van der Waals surface area contributed by atoms with E-state index in [9.17, 15) is 17.6 Å². The fourth-order valence-electron chi connectivity index (χ4n) is 4.05. The number of carbonyl (C=O) groups is 1. The number of halogens is 1. The third kappa shape index (κ3) is 4.72. The molecule has 4 rings (SSSR count). The van der Waals surface area contributed by atoms with Crippen molar-refractivity contribution in [3.8, 4) is 0 Å². The van der Waals surface area contributed by atoms with Crippen molar-refractivity contribution in [2.24, 2.45) is 0 Å². The van der Waals surface area contributed by atoms with Crippen molar-refractivity contribution in [3.05, 3.63) is 76.7 Å². The number of nitrogens with zero attached hydrogens (tertiary/aromatic N) is 1. The van der Waals surface area contributed by atoms with Gasteiger partial charge in [-0.3, -0.25) is 4.79 Å². The first-order chi connectivity index (χ1) is 15.4. The third-order valence-corrected chi connectivity index (χ3v) is 7.45. The molecule has 0 spiro atoms. The van der Waals surface area contributed by atoms with Crippen LogP contribution in [0.15, 0.2) is 48.5 Å². The van der Waals surface area contributed by atoms with Crippen LogP contribution in [-0.2, 0) is 16.3 Å². The summed E-state index contributed by atoms with van der Waals surface area (Å²) >= 11 is 0. The summed E-state index contributed by atoms with van der Waals surface area (Å²) in [4.78, 5) is 18.1. The van der Waals surface area contributed by atoms with Gasteiger partial charge in [-0.25, -0.2) is 17.8 Å². The Bertz CT molecular complexity index is 1300. The van der Waals surface area contributed by atoms with E-state index in [0.717, 1.165) is 40.6 Å². The topological polar surface area (TPSA) is 76.1 Å². The minimum Gasteiger partial charge on any atom is -0.351 e. The Labute approximate surface area is 187 Å². The molecule has 2 aromatic carbocycles. The largest absolute Gasteiger partial charge is 0.351 e. The smallest absolute Gasteiger partial charge is 0.252 e. The number of aromatic nitrogens is 1. The summed E-state index contributed by atoms with van der Waals surface area (Å²) in [6.07, 6.45) is 4.38. The highest BCUT2D eigenvalue weighted by molar-refractivity contribution is 7.91. The SMILES string of the molecule is CCS(=O)(=O)CCNC(=O)c1c2c(nc3ccccc13)/C(=C\c1ccc(F)cc1)CCC2. The second-order valence-electron chi connectivity index (χ2n) is 7.90. The van der Waals surface area contributed by atoms with Crippen molar-refractivity contribution < 1.29 is 17.6 Å². The molecular formula is C25H25FN2O3S. The van der Waals surface area contributed by atoms with Gasteiger partial charge in [-0.15, -0.1) is 0 Å². The van der Waals surface area contributed by atoms with E-state index >= 15 is 0 Å². The van der Waals surface area contributed by atoms with Crippen LogP contribution < -0.4 is 5.32 Å². The average molecular weight is 453 g/mol. The van der Waals surface area contributed by atoms with E-state index in [1.807, 2.05) is 30.3 Å². The predicted molar refractivity (Wildman–Crippen MR) is 126 cm³/mol. The molecule has 166 valence electrons. The molecule has 0 bridgehead atoms. The first-order valence-electron chi connectivity index (χ1n) is 10.7. The van der Waals surface area contributed by atoms with Crippen LogP contribution in [0, 0.1) is 5.82 Å². The van der Waals surface area contributed by atoms with Gasteiger partial charge in [0.2, 0.25) is 0 Å². The van der Waals surface area contributed by atoms with Gasteiger partial charge in [-0.05, 0) is 60.2 Å². The molecule has 0 radical (unpaired) electrons. The highest BCUT2D eigenvalue weighted by Gasteiger charge is 2.25. The first kappa shape index (κ1) is 22.1. The quantitative estimate of drug-likeness (QED) is 0.601. The zero-order valence-electron chi connectivity index (χ0n) is 17.9. The molecule has 7 heteroatoms. The number of allylic oxidation sites excluding steroid dienone is 1. The summed E-state index contributed by atoms with van der Waals surface area (Å²) in [5, 5.41) is 3.55. The number of benzene rings is 2. The Morgan fingerprint density at radius 2 is 1.88 bits per heavy atom. The fourth-order valence-corrected chi connectivity index (χ4v) is 4.75. The summed E-state index contributed by atoms with van der Waals surface area (Å²) in [5.74, 6) is -0.608. The standard InChI is InChI=1S/C25H25FN2O3S/c1-2-32(30,31)15-14-27-25(29)23-20-7-3-4-9-22(20)28-24-18(6-5-8-21(23)24)16-17-10-12-19(26)13-11-17/h3-4,7,9-13,16H,2,5-6,8,14-15H2,1H3,(H,27,29)/b18-16-. The number of amides is 1. The number of nitrogens with one attached hydrogen (secondary N) is 1. The Balaban J connectivity index is 1.76. The van der Waals surface area contributed by atoms with Gasteiger partial charge in [-0.1, -0.05) is 37.3 Å². The molecule has 0 saturated carbocycles. The Hall–Kier alpha value is -3.06. The number of hydrogen-bond acceptors (Lipinski definition) is 4. The van der Waals surface area contributed by atoms with Gasteiger partial charge in [0.15, 0.2) is 9.84 Å². The molecule has 32 heavy (non-hydrogen) atoms. The molecule has 1 aliphatic carbocycles. The van der Waals surface area contributed by atoms with Crippen LogP contribution in [0.2, 0.25) is 0 Å². The van der Waals surface area contributed by atoms with Crippen LogP contribution in [0.3, 0.4) is 0 Å². The number of hydrogen-bond donors (Lipinski definition) is 1. The van der Waals surface area contributed by atoms with Crippen molar-refractivity contribution in [2.45, 2.75) is 26.2 Å². The zero-order valence-corrected chi connectivity index (χ0v) is 18.7. The Kier molecular flexibility index (Phi) is 6.37. The van der Waals surface area contributed by atoms with Crippen molar-refractivity contribution in [3.63, 3.8) is 0 Å². The minimum atomic E-state index is -3.17. The number of para-hydroxylation sites is 1. The van der Waals surface area contributed by atoms with Gasteiger partial charge in [-0.2, -0.15) is 0 Å². The summed E-state index contributed by atoms with van der Waals surface area (Å²) in [7, 11) is -3.17. The lowest BCUT2D eigenvalue weighted by molar-refractivity contribution is 0.0956. The Morgan fingerprint density at radius 1 is 1.12 bits per heavy atom. The van der Waals surface area contributed by atoms with E-state index in [4.69, 9.17) is 4.98 Å². The maximum Gasteiger partial charge on any atom is 0.252 e. The summed E-state index contributed by atoms with van der Waals surface area (Å²) in [6, 6.07) is 13.8. The van der Waals surface area contributed by atoms with E-state index in [1.54, 1.807) is 19.1 Å². The number of pyridine rings is 1. The van der Waals surface area contributed by atoms with Crippen LogP contribution in [0.25, 0.3) is 22.6 Å². The van der Waals surface area contributed by atoms with Gasteiger partial charge in [0.25, 0.3) is 5.91 Å². The number of sulfone groups is 1. The number of carbonyl (C=O) groups excluding carboxylic acids is 1. The lowest BCUT2D eigenvalue weighted by Crippen LogP contribution is -2.31. The number of rotatable bonds is 6. The molecule has 0 saturated heterocycles. The van der Waals surface area contributed by atoms with Crippen LogP contribution in [0.4, 0.5) is 4.39 Å². The van der Waals surface area contributed by atoms with E-state index in [1.165, 1.54) is 12.1 Å². The van der Waals surface area contributed by atoms with Gasteiger partial charge in [0.05, 0.1) is 22.5 Å². The molecule has 0 aliphatic heterocycles. The molecule has 1 heterocycles. The lowest BCUT2D eigenvalue weighted by atomic mass is 9.85. The van der Waals surface area contributed by atoms with Crippen molar-refractivity contribution in [2.75, 3.05) is 18.1 Å². The minimum absolute atomic E-state index is 0.0496. The van der Waals surface area contributed by atoms with Gasteiger partial charge in [0.1, 0.15) is 5.82 Å². The molecule has 5 nitrogen and oxygen atoms in total. The second kappa shape index (κ2) is 9.20.